The summed E-state index contributed by atoms with van der Waals surface area (Å²) in [5.74, 6) is -0.604. The number of carbonyl (C=O) groups excluding carboxylic acids is 1. The van der Waals surface area contributed by atoms with Crippen LogP contribution in [0.5, 0.6) is 0 Å². The van der Waals surface area contributed by atoms with Gasteiger partial charge in [0.2, 0.25) is 5.91 Å². The van der Waals surface area contributed by atoms with Gasteiger partial charge in [-0.15, -0.1) is 12.4 Å². The van der Waals surface area contributed by atoms with Gasteiger partial charge in [0, 0.05) is 0 Å². The van der Waals surface area contributed by atoms with Crippen molar-refractivity contribution in [3.05, 3.63) is 35.9 Å². The van der Waals surface area contributed by atoms with Gasteiger partial charge in [0.05, 0.1) is 18.5 Å². The summed E-state index contributed by atoms with van der Waals surface area (Å²) in [6, 6.07) is 6.07. The molecule has 1 rings (SSSR count). The first-order valence-corrected chi connectivity index (χ1v) is 5.47. The van der Waals surface area contributed by atoms with Crippen LogP contribution >= 0.6 is 12.4 Å². The first-order chi connectivity index (χ1) is 8.29. The fourth-order valence-electron chi connectivity index (χ4n) is 1.47. The Labute approximate surface area is 115 Å². The third-order valence-electron chi connectivity index (χ3n) is 2.37. The summed E-state index contributed by atoms with van der Waals surface area (Å²) in [6.45, 7) is 1.42. The molecule has 108 valence electrons. The molecular formula is C12H16ClF3N2O. The van der Waals surface area contributed by atoms with Crippen molar-refractivity contribution >= 4 is 18.3 Å². The van der Waals surface area contributed by atoms with Crippen molar-refractivity contribution < 1.29 is 18.0 Å². The summed E-state index contributed by atoms with van der Waals surface area (Å²) in [5.41, 5.74) is 5.74. The van der Waals surface area contributed by atoms with Gasteiger partial charge >= 0.3 is 6.18 Å². The minimum Gasteiger partial charge on any atom is -0.348 e. The molecule has 19 heavy (non-hydrogen) atoms. The van der Waals surface area contributed by atoms with Crippen LogP contribution in [-0.4, -0.2) is 18.1 Å². The van der Waals surface area contributed by atoms with Crippen molar-refractivity contribution in [1.82, 2.24) is 5.32 Å². The lowest BCUT2D eigenvalue weighted by molar-refractivity contribution is -0.143. The molecule has 1 aromatic rings. The quantitative estimate of drug-likeness (QED) is 0.897. The van der Waals surface area contributed by atoms with Crippen LogP contribution in [0, 0.1) is 0 Å². The van der Waals surface area contributed by atoms with Gasteiger partial charge < -0.3 is 11.1 Å². The Morgan fingerprint density at radius 1 is 1.32 bits per heavy atom. The third-order valence-corrected chi connectivity index (χ3v) is 2.37. The summed E-state index contributed by atoms with van der Waals surface area (Å²) in [7, 11) is 0. The first kappa shape index (κ1) is 17.7. The maximum Gasteiger partial charge on any atom is 0.391 e. The molecule has 0 fully saturated rings. The smallest absolute Gasteiger partial charge is 0.348 e. The number of nitrogens with two attached hydrogens (primary N) is 1. The van der Waals surface area contributed by atoms with Gasteiger partial charge in [-0.05, 0) is 12.5 Å². The van der Waals surface area contributed by atoms with Gasteiger partial charge in [-0.25, -0.2) is 0 Å². The summed E-state index contributed by atoms with van der Waals surface area (Å²) in [6.07, 6.45) is -5.47. The lowest BCUT2D eigenvalue weighted by Gasteiger charge is -2.21. The molecule has 7 heteroatoms. The van der Waals surface area contributed by atoms with Crippen molar-refractivity contribution in [2.45, 2.75) is 31.6 Å². The number of alkyl halides is 3. The average molecular weight is 297 g/mol. The predicted octanol–water partition coefficient (Wildman–Crippen LogP) is 2.57. The van der Waals surface area contributed by atoms with Gasteiger partial charge in [-0.3, -0.25) is 4.79 Å². The van der Waals surface area contributed by atoms with Crippen LogP contribution in [0.2, 0.25) is 0 Å². The maximum absolute atomic E-state index is 12.5. The summed E-state index contributed by atoms with van der Waals surface area (Å²) < 4.78 is 37.4. The molecule has 1 amide bonds. The van der Waals surface area contributed by atoms with Gasteiger partial charge in [0.15, 0.2) is 0 Å². The second kappa shape index (κ2) is 7.35. The van der Waals surface area contributed by atoms with E-state index in [-0.39, 0.29) is 12.4 Å². The Bertz CT molecular complexity index is 396. The van der Waals surface area contributed by atoms with Crippen LogP contribution in [0.25, 0.3) is 0 Å². The molecule has 3 nitrogen and oxygen atoms in total. The zero-order valence-corrected chi connectivity index (χ0v) is 11.1. The van der Waals surface area contributed by atoms with E-state index < -0.39 is 30.6 Å². The van der Waals surface area contributed by atoms with Gasteiger partial charge in [0.25, 0.3) is 0 Å². The number of halogens is 4. The average Bonchev–Trinajstić information content (AvgIpc) is 2.27. The van der Waals surface area contributed by atoms with Crippen LogP contribution in [0.1, 0.15) is 24.9 Å². The molecule has 0 aliphatic rings. The molecule has 0 saturated heterocycles. The van der Waals surface area contributed by atoms with Crippen molar-refractivity contribution in [3.63, 3.8) is 0 Å². The monoisotopic (exact) mass is 296 g/mol. The largest absolute Gasteiger partial charge is 0.391 e. The molecule has 0 aromatic heterocycles. The Morgan fingerprint density at radius 3 is 2.26 bits per heavy atom. The minimum atomic E-state index is -4.36. The summed E-state index contributed by atoms with van der Waals surface area (Å²) in [5, 5.41) is 2.31. The normalized spacial score (nSPS) is 14.2. The van der Waals surface area contributed by atoms with Crippen LogP contribution in [0.3, 0.4) is 0 Å². The molecule has 0 aliphatic carbocycles. The van der Waals surface area contributed by atoms with E-state index in [2.05, 4.69) is 5.32 Å². The molecule has 0 spiro atoms. The lowest BCUT2D eigenvalue weighted by Crippen LogP contribution is -2.41. The highest BCUT2D eigenvalue weighted by atomic mass is 35.5. The molecule has 0 heterocycles. The van der Waals surface area contributed by atoms with E-state index in [0.29, 0.717) is 5.56 Å². The molecule has 2 atom stereocenters. The van der Waals surface area contributed by atoms with Crippen molar-refractivity contribution in [2.24, 2.45) is 5.73 Å². The maximum atomic E-state index is 12.5. The topological polar surface area (TPSA) is 55.1 Å². The van der Waals surface area contributed by atoms with E-state index in [1.165, 1.54) is 19.1 Å². The number of carbonyl (C=O) groups is 1. The number of hydrogen-bond donors (Lipinski definition) is 2. The molecule has 0 aliphatic heterocycles. The second-order valence-electron chi connectivity index (χ2n) is 4.08. The zero-order valence-electron chi connectivity index (χ0n) is 10.3. The fraction of sp³-hybridized carbons (Fsp3) is 0.417. The van der Waals surface area contributed by atoms with Crippen molar-refractivity contribution in [1.29, 1.82) is 0 Å². The molecule has 1 unspecified atom stereocenters. The summed E-state index contributed by atoms with van der Waals surface area (Å²) in [4.78, 5) is 11.4. The highest BCUT2D eigenvalue weighted by molar-refractivity contribution is 5.85. The van der Waals surface area contributed by atoms with E-state index in [1.807, 2.05) is 0 Å². The van der Waals surface area contributed by atoms with Crippen molar-refractivity contribution in [3.8, 4) is 0 Å². The number of benzene rings is 1. The minimum absolute atomic E-state index is 0. The molecule has 0 radical (unpaired) electrons. The van der Waals surface area contributed by atoms with Gasteiger partial charge in [-0.2, -0.15) is 13.2 Å². The molecule has 3 N–H and O–H groups in total. The summed E-state index contributed by atoms with van der Waals surface area (Å²) >= 11 is 0. The molecule has 0 bridgehead atoms. The fourth-order valence-corrected chi connectivity index (χ4v) is 1.47. The third kappa shape index (κ3) is 6.45. The van der Waals surface area contributed by atoms with E-state index >= 15 is 0 Å². The van der Waals surface area contributed by atoms with E-state index in [9.17, 15) is 18.0 Å². The van der Waals surface area contributed by atoms with E-state index in [1.54, 1.807) is 18.2 Å². The Morgan fingerprint density at radius 2 is 1.84 bits per heavy atom. The predicted molar refractivity (Wildman–Crippen MR) is 68.9 cm³/mol. The van der Waals surface area contributed by atoms with Crippen molar-refractivity contribution in [2.75, 3.05) is 0 Å². The second-order valence-corrected chi connectivity index (χ2v) is 4.08. The highest BCUT2D eigenvalue weighted by Gasteiger charge is 2.33. The molecular weight excluding hydrogens is 281 g/mol. The van der Waals surface area contributed by atoms with Crippen LogP contribution < -0.4 is 11.1 Å². The molecule has 1 aromatic carbocycles. The molecule has 0 saturated carbocycles. The highest BCUT2D eigenvalue weighted by Crippen LogP contribution is 2.29. The Kier molecular flexibility index (Phi) is 6.86. The number of rotatable bonds is 4. The van der Waals surface area contributed by atoms with E-state index in [0.717, 1.165) is 0 Å². The zero-order chi connectivity index (χ0) is 13.8. The standard InChI is InChI=1S/C12H15F3N2O.ClH/c1-8(16)11(18)17-10(7-12(13,14)15)9-5-3-2-4-6-9;/h2-6,8,10H,7,16H2,1H3,(H,17,18);1H/t8-,10?;/m1./s1. The van der Waals surface area contributed by atoms with Crippen LogP contribution in [-0.2, 0) is 4.79 Å². The lowest BCUT2D eigenvalue weighted by atomic mass is 10.0. The van der Waals surface area contributed by atoms with Gasteiger partial charge in [0.1, 0.15) is 0 Å². The number of nitrogens with one attached hydrogen (secondary N) is 1. The van der Waals surface area contributed by atoms with E-state index in [4.69, 9.17) is 5.73 Å². The van der Waals surface area contributed by atoms with Crippen LogP contribution in [0.15, 0.2) is 30.3 Å². The van der Waals surface area contributed by atoms with Crippen LogP contribution in [0.4, 0.5) is 13.2 Å². The SMILES string of the molecule is C[C@@H](N)C(=O)NC(CC(F)(F)F)c1ccccc1.Cl. The number of hydrogen-bond acceptors (Lipinski definition) is 2. The number of amides is 1. The Hall–Kier alpha value is -1.27. The Balaban J connectivity index is 0.00000324. The first-order valence-electron chi connectivity index (χ1n) is 5.47. The van der Waals surface area contributed by atoms with Gasteiger partial charge in [-0.1, -0.05) is 30.3 Å².